The van der Waals surface area contributed by atoms with Crippen molar-refractivity contribution in [1.82, 2.24) is 5.32 Å². The quantitative estimate of drug-likeness (QED) is 0.548. The van der Waals surface area contributed by atoms with Crippen LogP contribution in [0.3, 0.4) is 0 Å². The van der Waals surface area contributed by atoms with Crippen LogP contribution in [0, 0.1) is 0 Å². The van der Waals surface area contributed by atoms with Gasteiger partial charge in [-0.3, -0.25) is 0 Å². The molecule has 0 heterocycles. The van der Waals surface area contributed by atoms with Crippen molar-refractivity contribution in [2.75, 3.05) is 26.3 Å². The molecule has 0 aliphatic carbocycles. The highest BCUT2D eigenvalue weighted by Crippen LogP contribution is 2.13. The van der Waals surface area contributed by atoms with Crippen LogP contribution in [0.15, 0.2) is 0 Å². The predicted molar refractivity (Wildman–Crippen MR) is 57.4 cm³/mol. The minimum atomic E-state index is -4.22. The van der Waals surface area contributed by atoms with Gasteiger partial charge in [-0.15, -0.1) is 0 Å². The fraction of sp³-hybridized carbons (Fsp3) is 1.00. The van der Waals surface area contributed by atoms with Gasteiger partial charge in [0.05, 0.1) is 6.61 Å². The Morgan fingerprint density at radius 1 is 1.33 bits per heavy atom. The van der Waals surface area contributed by atoms with Crippen molar-refractivity contribution in [2.45, 2.75) is 30.8 Å². The Morgan fingerprint density at radius 3 is 2.53 bits per heavy atom. The third-order valence-electron chi connectivity index (χ3n) is 1.77. The van der Waals surface area contributed by atoms with Crippen LogP contribution in [-0.2, 0) is 4.74 Å². The van der Waals surface area contributed by atoms with Crippen molar-refractivity contribution in [2.24, 2.45) is 0 Å². The number of nitrogens with one attached hydrogen (secondary N) is 1. The Labute approximate surface area is 96.7 Å². The molecule has 0 amide bonds. The van der Waals surface area contributed by atoms with Gasteiger partial charge in [0.1, 0.15) is 6.61 Å². The van der Waals surface area contributed by atoms with E-state index < -0.39 is 12.8 Å². The van der Waals surface area contributed by atoms with Crippen LogP contribution in [0.2, 0.25) is 0 Å². The molecule has 0 aromatic rings. The van der Waals surface area contributed by atoms with Crippen molar-refractivity contribution in [3.05, 3.63) is 0 Å². The van der Waals surface area contributed by atoms with Gasteiger partial charge in [-0.05, 0) is 19.4 Å². The van der Waals surface area contributed by atoms with Crippen LogP contribution in [0.25, 0.3) is 0 Å². The molecule has 1 N–H and O–H groups in total. The van der Waals surface area contributed by atoms with Crippen molar-refractivity contribution >= 4 is 15.9 Å². The highest BCUT2D eigenvalue weighted by Gasteiger charge is 2.27. The first-order chi connectivity index (χ1) is 6.95. The van der Waals surface area contributed by atoms with Gasteiger partial charge >= 0.3 is 6.18 Å². The standard InChI is InChI=1S/C9H17BrF3NO/c1-2-8(10)3-4-14-5-6-15-7-9(11,12)13/h8,14H,2-7H2,1H3. The molecular formula is C9H17BrF3NO. The summed E-state index contributed by atoms with van der Waals surface area (Å²) in [4.78, 5) is 0.473. The Bertz CT molecular complexity index is 155. The lowest BCUT2D eigenvalue weighted by Gasteiger charge is -2.09. The van der Waals surface area contributed by atoms with E-state index >= 15 is 0 Å². The van der Waals surface area contributed by atoms with Gasteiger partial charge < -0.3 is 10.1 Å². The molecule has 0 aromatic heterocycles. The fourth-order valence-electron chi connectivity index (χ4n) is 0.920. The molecule has 1 atom stereocenters. The maximum absolute atomic E-state index is 11.6. The average molecular weight is 292 g/mol. The zero-order valence-corrected chi connectivity index (χ0v) is 10.3. The monoisotopic (exact) mass is 291 g/mol. The fourth-order valence-corrected chi connectivity index (χ4v) is 1.15. The maximum Gasteiger partial charge on any atom is 0.411 e. The highest BCUT2D eigenvalue weighted by atomic mass is 79.9. The van der Waals surface area contributed by atoms with Gasteiger partial charge in [0.25, 0.3) is 0 Å². The number of hydrogen-bond donors (Lipinski definition) is 1. The summed E-state index contributed by atoms with van der Waals surface area (Å²) in [6, 6.07) is 0. The SMILES string of the molecule is CCC(Br)CCNCCOCC(F)(F)F. The molecule has 1 unspecified atom stereocenters. The number of hydrogen-bond acceptors (Lipinski definition) is 2. The largest absolute Gasteiger partial charge is 0.411 e. The van der Waals surface area contributed by atoms with Crippen LogP contribution in [0.1, 0.15) is 19.8 Å². The zero-order chi connectivity index (χ0) is 11.7. The first-order valence-corrected chi connectivity index (χ1v) is 5.86. The van der Waals surface area contributed by atoms with Crippen molar-refractivity contribution < 1.29 is 17.9 Å². The Morgan fingerprint density at radius 2 is 2.00 bits per heavy atom. The third-order valence-corrected chi connectivity index (χ3v) is 2.87. The number of halogens is 4. The summed E-state index contributed by atoms with van der Waals surface area (Å²) in [5.74, 6) is 0. The molecule has 0 bridgehead atoms. The van der Waals surface area contributed by atoms with E-state index in [1.807, 2.05) is 0 Å². The lowest BCUT2D eigenvalue weighted by molar-refractivity contribution is -0.173. The van der Waals surface area contributed by atoms with Crippen LogP contribution >= 0.6 is 15.9 Å². The van der Waals surface area contributed by atoms with Gasteiger partial charge in [-0.2, -0.15) is 13.2 Å². The van der Waals surface area contributed by atoms with E-state index in [9.17, 15) is 13.2 Å². The number of ether oxygens (including phenoxy) is 1. The van der Waals surface area contributed by atoms with Crippen LogP contribution in [-0.4, -0.2) is 37.3 Å². The molecule has 6 heteroatoms. The summed E-state index contributed by atoms with van der Waals surface area (Å²) < 4.78 is 39.3. The summed E-state index contributed by atoms with van der Waals surface area (Å²) in [6.07, 6.45) is -2.20. The van der Waals surface area contributed by atoms with E-state index in [1.165, 1.54) is 0 Å². The Balaban J connectivity index is 3.12. The van der Waals surface area contributed by atoms with E-state index in [0.29, 0.717) is 11.4 Å². The van der Waals surface area contributed by atoms with Crippen molar-refractivity contribution in [3.63, 3.8) is 0 Å². The van der Waals surface area contributed by atoms with E-state index in [0.717, 1.165) is 19.4 Å². The molecular weight excluding hydrogens is 275 g/mol. The van der Waals surface area contributed by atoms with Gasteiger partial charge in [0.15, 0.2) is 0 Å². The minimum absolute atomic E-state index is 0.0958. The molecule has 15 heavy (non-hydrogen) atoms. The lowest BCUT2D eigenvalue weighted by Crippen LogP contribution is -2.25. The number of alkyl halides is 4. The van der Waals surface area contributed by atoms with Gasteiger partial charge in [0, 0.05) is 11.4 Å². The summed E-state index contributed by atoms with van der Waals surface area (Å²) in [5.41, 5.74) is 0. The minimum Gasteiger partial charge on any atom is -0.371 e. The molecule has 0 aliphatic rings. The molecule has 0 fully saturated rings. The molecule has 0 saturated heterocycles. The Kier molecular flexibility index (Phi) is 8.46. The molecule has 0 spiro atoms. The van der Waals surface area contributed by atoms with Crippen LogP contribution in [0.5, 0.6) is 0 Å². The lowest BCUT2D eigenvalue weighted by atomic mass is 10.2. The number of rotatable bonds is 8. The summed E-state index contributed by atoms with van der Waals surface area (Å²) >= 11 is 3.47. The predicted octanol–water partition coefficient (Wildman–Crippen LogP) is 2.72. The summed E-state index contributed by atoms with van der Waals surface area (Å²) in [7, 11) is 0. The van der Waals surface area contributed by atoms with Crippen LogP contribution < -0.4 is 5.32 Å². The van der Waals surface area contributed by atoms with E-state index in [2.05, 4.69) is 32.9 Å². The van der Waals surface area contributed by atoms with Gasteiger partial charge in [-0.1, -0.05) is 22.9 Å². The topological polar surface area (TPSA) is 21.3 Å². The molecule has 2 nitrogen and oxygen atoms in total. The van der Waals surface area contributed by atoms with Crippen molar-refractivity contribution in [1.29, 1.82) is 0 Å². The molecule has 0 rings (SSSR count). The third kappa shape index (κ3) is 12.1. The highest BCUT2D eigenvalue weighted by molar-refractivity contribution is 9.09. The van der Waals surface area contributed by atoms with E-state index in [-0.39, 0.29) is 6.61 Å². The second-order valence-electron chi connectivity index (χ2n) is 3.21. The maximum atomic E-state index is 11.6. The van der Waals surface area contributed by atoms with Crippen LogP contribution in [0.4, 0.5) is 13.2 Å². The van der Waals surface area contributed by atoms with Gasteiger partial charge in [-0.25, -0.2) is 0 Å². The molecule has 0 radical (unpaired) electrons. The summed E-state index contributed by atoms with van der Waals surface area (Å²) in [6.45, 7) is 2.26. The molecule has 0 aromatic carbocycles. The first kappa shape index (κ1) is 15.2. The molecule has 92 valence electrons. The van der Waals surface area contributed by atoms with E-state index in [4.69, 9.17) is 0 Å². The smallest absolute Gasteiger partial charge is 0.371 e. The second kappa shape index (κ2) is 8.35. The average Bonchev–Trinajstić information content (AvgIpc) is 2.14. The second-order valence-corrected chi connectivity index (χ2v) is 4.51. The molecule has 0 saturated carbocycles. The summed E-state index contributed by atoms with van der Waals surface area (Å²) in [5, 5.41) is 3.01. The molecule has 0 aliphatic heterocycles. The van der Waals surface area contributed by atoms with Gasteiger partial charge in [0.2, 0.25) is 0 Å². The normalized spacial score (nSPS) is 14.2. The van der Waals surface area contributed by atoms with E-state index in [1.54, 1.807) is 0 Å². The zero-order valence-electron chi connectivity index (χ0n) is 8.74. The van der Waals surface area contributed by atoms with Crippen molar-refractivity contribution in [3.8, 4) is 0 Å². The first-order valence-electron chi connectivity index (χ1n) is 4.95. The Hall–Kier alpha value is 0.190.